The van der Waals surface area contributed by atoms with Crippen molar-refractivity contribution in [3.05, 3.63) is 11.8 Å². The molecule has 3 N–H and O–H groups in total. The second kappa shape index (κ2) is 4.64. The Morgan fingerprint density at radius 3 is 2.86 bits per heavy atom. The van der Waals surface area contributed by atoms with Gasteiger partial charge >= 0.3 is 0 Å². The molecule has 5 heteroatoms. The molecule has 1 amide bonds. The molecule has 14 heavy (non-hydrogen) atoms. The van der Waals surface area contributed by atoms with Gasteiger partial charge in [-0.15, -0.1) is 0 Å². The zero-order valence-corrected chi connectivity index (χ0v) is 8.58. The molecule has 78 valence electrons. The lowest BCUT2D eigenvalue weighted by Crippen LogP contribution is -2.24. The van der Waals surface area contributed by atoms with Gasteiger partial charge in [0.25, 0.3) is 5.91 Å². The highest BCUT2D eigenvalue weighted by Crippen LogP contribution is 2.05. The number of carbonyl (C=O) groups excluding carboxylic acids is 1. The van der Waals surface area contributed by atoms with E-state index in [4.69, 9.17) is 5.73 Å². The van der Waals surface area contributed by atoms with E-state index in [0.717, 1.165) is 6.42 Å². The van der Waals surface area contributed by atoms with Gasteiger partial charge in [-0.2, -0.15) is 5.10 Å². The zero-order chi connectivity index (χ0) is 10.6. The maximum atomic E-state index is 11.4. The molecule has 0 unspecified atom stereocenters. The summed E-state index contributed by atoms with van der Waals surface area (Å²) in [7, 11) is 0. The highest BCUT2D eigenvalue weighted by atomic mass is 16.1. The van der Waals surface area contributed by atoms with E-state index in [-0.39, 0.29) is 5.91 Å². The van der Waals surface area contributed by atoms with Gasteiger partial charge in [0.1, 0.15) is 5.82 Å². The molecule has 0 saturated carbocycles. The van der Waals surface area contributed by atoms with Crippen molar-refractivity contribution in [2.24, 2.45) is 0 Å². The minimum Gasteiger partial charge on any atom is -0.384 e. The Hall–Kier alpha value is -1.52. The summed E-state index contributed by atoms with van der Waals surface area (Å²) in [5.41, 5.74) is 6.03. The number of amides is 1. The van der Waals surface area contributed by atoms with Gasteiger partial charge in [-0.25, -0.2) is 4.68 Å². The van der Waals surface area contributed by atoms with Crippen molar-refractivity contribution in [2.75, 3.05) is 12.3 Å². The molecule has 1 rings (SSSR count). The molecule has 1 aromatic heterocycles. The number of rotatable bonds is 4. The topological polar surface area (TPSA) is 72.9 Å². The van der Waals surface area contributed by atoms with Crippen molar-refractivity contribution in [1.29, 1.82) is 0 Å². The fourth-order valence-electron chi connectivity index (χ4n) is 1.12. The van der Waals surface area contributed by atoms with Crippen molar-refractivity contribution in [3.8, 4) is 0 Å². The van der Waals surface area contributed by atoms with Gasteiger partial charge < -0.3 is 11.1 Å². The first-order valence-electron chi connectivity index (χ1n) is 4.80. The molecule has 0 spiro atoms. The lowest BCUT2D eigenvalue weighted by atomic mass is 10.4. The first kappa shape index (κ1) is 10.6. The van der Waals surface area contributed by atoms with Crippen LogP contribution in [-0.2, 0) is 6.54 Å². The van der Waals surface area contributed by atoms with Crippen molar-refractivity contribution in [3.63, 3.8) is 0 Å². The molecule has 0 aromatic carbocycles. The number of carbonyl (C=O) groups is 1. The van der Waals surface area contributed by atoms with Gasteiger partial charge in [-0.3, -0.25) is 4.79 Å². The van der Waals surface area contributed by atoms with Crippen LogP contribution < -0.4 is 11.1 Å². The number of hydrogen-bond donors (Lipinski definition) is 2. The van der Waals surface area contributed by atoms with Crippen LogP contribution in [0, 0.1) is 0 Å². The number of nitrogens with one attached hydrogen (secondary N) is 1. The molecule has 0 radical (unpaired) electrons. The van der Waals surface area contributed by atoms with E-state index in [0.29, 0.717) is 24.6 Å². The Kier molecular flexibility index (Phi) is 3.50. The smallest absolute Gasteiger partial charge is 0.271 e. The predicted molar refractivity (Wildman–Crippen MR) is 54.9 cm³/mol. The molecule has 1 aromatic rings. The monoisotopic (exact) mass is 196 g/mol. The van der Waals surface area contributed by atoms with Crippen LogP contribution in [0.2, 0.25) is 0 Å². The predicted octanol–water partition coefficient (Wildman–Crippen LogP) is 0.625. The van der Waals surface area contributed by atoms with Crippen LogP contribution in [0.3, 0.4) is 0 Å². The summed E-state index contributed by atoms with van der Waals surface area (Å²) in [4.78, 5) is 11.4. The molecular weight excluding hydrogens is 180 g/mol. The molecule has 0 saturated heterocycles. The third kappa shape index (κ3) is 2.25. The summed E-state index contributed by atoms with van der Waals surface area (Å²) in [6, 6.07) is 1.59. The number of nitrogen functional groups attached to an aromatic ring is 1. The summed E-state index contributed by atoms with van der Waals surface area (Å²) < 4.78 is 1.60. The van der Waals surface area contributed by atoms with Gasteiger partial charge in [-0.1, -0.05) is 6.92 Å². The van der Waals surface area contributed by atoms with E-state index in [9.17, 15) is 4.79 Å². The Bertz CT molecular complexity index is 319. The first-order chi connectivity index (χ1) is 6.69. The Morgan fingerprint density at radius 2 is 2.36 bits per heavy atom. The average molecular weight is 196 g/mol. The van der Waals surface area contributed by atoms with Crippen molar-refractivity contribution in [1.82, 2.24) is 15.1 Å². The van der Waals surface area contributed by atoms with Crippen molar-refractivity contribution in [2.45, 2.75) is 26.8 Å². The van der Waals surface area contributed by atoms with E-state index < -0.39 is 0 Å². The summed E-state index contributed by atoms with van der Waals surface area (Å²) in [5.74, 6) is 0.361. The first-order valence-corrected chi connectivity index (χ1v) is 4.80. The molecular formula is C9H16N4O. The fraction of sp³-hybridized carbons (Fsp3) is 0.556. The largest absolute Gasteiger partial charge is 0.384 e. The van der Waals surface area contributed by atoms with E-state index >= 15 is 0 Å². The lowest BCUT2D eigenvalue weighted by Gasteiger charge is -1.99. The minimum atomic E-state index is -0.161. The van der Waals surface area contributed by atoms with Crippen molar-refractivity contribution < 1.29 is 4.79 Å². The van der Waals surface area contributed by atoms with Crippen LogP contribution in [-0.4, -0.2) is 22.2 Å². The zero-order valence-electron chi connectivity index (χ0n) is 8.58. The van der Waals surface area contributed by atoms with Crippen molar-refractivity contribution >= 4 is 11.7 Å². The van der Waals surface area contributed by atoms with E-state index in [1.807, 2.05) is 13.8 Å². The second-order valence-corrected chi connectivity index (χ2v) is 3.03. The number of hydrogen-bond acceptors (Lipinski definition) is 3. The van der Waals surface area contributed by atoms with Gasteiger partial charge in [0, 0.05) is 19.2 Å². The summed E-state index contributed by atoms with van der Waals surface area (Å²) in [6.07, 6.45) is 0.912. The summed E-state index contributed by atoms with van der Waals surface area (Å²) >= 11 is 0. The van der Waals surface area contributed by atoms with E-state index in [1.54, 1.807) is 10.7 Å². The standard InChI is InChI=1S/C9H16N4O/c1-3-5-11-9(14)7-6-8(10)13(4-2)12-7/h6H,3-5,10H2,1-2H3,(H,11,14). The van der Waals surface area contributed by atoms with Crippen LogP contribution in [0.1, 0.15) is 30.8 Å². The van der Waals surface area contributed by atoms with Crippen LogP contribution in [0.5, 0.6) is 0 Å². The number of aromatic nitrogens is 2. The molecule has 0 aliphatic carbocycles. The molecule has 0 bridgehead atoms. The number of aryl methyl sites for hydroxylation is 1. The number of anilines is 1. The molecule has 5 nitrogen and oxygen atoms in total. The normalized spacial score (nSPS) is 10.1. The van der Waals surface area contributed by atoms with E-state index in [1.165, 1.54) is 0 Å². The Labute approximate surface area is 83.3 Å². The SMILES string of the molecule is CCCNC(=O)c1cc(N)n(CC)n1. The molecule has 0 aliphatic heterocycles. The van der Waals surface area contributed by atoms with Gasteiger partial charge in [-0.05, 0) is 13.3 Å². The van der Waals surface area contributed by atoms with Gasteiger partial charge in [0.2, 0.25) is 0 Å². The van der Waals surface area contributed by atoms with Gasteiger partial charge in [0.05, 0.1) is 0 Å². The fourth-order valence-corrected chi connectivity index (χ4v) is 1.12. The summed E-state index contributed by atoms with van der Waals surface area (Å²) in [5, 5.41) is 6.80. The third-order valence-electron chi connectivity index (χ3n) is 1.88. The van der Waals surface area contributed by atoms with Crippen LogP contribution in [0.25, 0.3) is 0 Å². The maximum Gasteiger partial charge on any atom is 0.271 e. The van der Waals surface area contributed by atoms with Crippen LogP contribution in [0.15, 0.2) is 6.07 Å². The van der Waals surface area contributed by atoms with Gasteiger partial charge in [0.15, 0.2) is 5.69 Å². The minimum absolute atomic E-state index is 0.161. The Morgan fingerprint density at radius 1 is 1.64 bits per heavy atom. The number of nitrogens with two attached hydrogens (primary N) is 1. The quantitative estimate of drug-likeness (QED) is 0.741. The molecule has 0 atom stereocenters. The lowest BCUT2D eigenvalue weighted by molar-refractivity contribution is 0.0948. The molecule has 0 fully saturated rings. The molecule has 1 heterocycles. The highest BCUT2D eigenvalue weighted by molar-refractivity contribution is 5.92. The third-order valence-corrected chi connectivity index (χ3v) is 1.88. The maximum absolute atomic E-state index is 11.4. The second-order valence-electron chi connectivity index (χ2n) is 3.03. The van der Waals surface area contributed by atoms with E-state index in [2.05, 4.69) is 10.4 Å². The van der Waals surface area contributed by atoms with Crippen LogP contribution >= 0.6 is 0 Å². The molecule has 0 aliphatic rings. The number of nitrogens with zero attached hydrogens (tertiary/aromatic N) is 2. The summed E-state index contributed by atoms with van der Waals surface area (Å²) in [6.45, 7) is 5.26. The van der Waals surface area contributed by atoms with Crippen LogP contribution in [0.4, 0.5) is 5.82 Å². The Balaban J connectivity index is 2.70. The average Bonchev–Trinajstić information content (AvgIpc) is 2.56. The highest BCUT2D eigenvalue weighted by Gasteiger charge is 2.10.